The number of furan rings is 1. The predicted molar refractivity (Wildman–Crippen MR) is 142 cm³/mol. The van der Waals surface area contributed by atoms with Crippen molar-refractivity contribution in [2.45, 2.75) is 12.8 Å². The lowest BCUT2D eigenvalue weighted by atomic mass is 10.1. The van der Waals surface area contributed by atoms with Crippen molar-refractivity contribution in [2.24, 2.45) is 0 Å². The third-order valence-corrected chi connectivity index (χ3v) is 7.03. The highest BCUT2D eigenvalue weighted by Gasteiger charge is 2.32. The van der Waals surface area contributed by atoms with Gasteiger partial charge in [-0.25, -0.2) is 4.68 Å². The summed E-state index contributed by atoms with van der Waals surface area (Å²) in [6.07, 6.45) is 3.89. The number of hydrogen-bond donors (Lipinski definition) is 1. The van der Waals surface area contributed by atoms with E-state index in [1.54, 1.807) is 17.9 Å². The molecule has 10 heteroatoms. The minimum atomic E-state index is -0.906. The molecule has 0 atom stereocenters. The highest BCUT2D eigenvalue weighted by Crippen LogP contribution is 2.37. The molecule has 2 aromatic carbocycles. The predicted octanol–water partition coefficient (Wildman–Crippen LogP) is 5.36. The smallest absolute Gasteiger partial charge is 0.303 e. The number of amides is 1. The van der Waals surface area contributed by atoms with Gasteiger partial charge >= 0.3 is 5.97 Å². The van der Waals surface area contributed by atoms with Gasteiger partial charge in [0, 0.05) is 30.1 Å². The van der Waals surface area contributed by atoms with Crippen LogP contribution in [-0.2, 0) is 9.59 Å². The van der Waals surface area contributed by atoms with E-state index in [2.05, 4.69) is 0 Å². The Balaban J connectivity index is 1.55. The second-order valence-corrected chi connectivity index (χ2v) is 9.71. The lowest BCUT2D eigenvalue weighted by Crippen LogP contribution is -2.29. The average molecular weight is 520 g/mol. The molecule has 4 aromatic rings. The standard InChI is InChI=1S/C26H21N3O5S2/c1-33-19-10-5-7-16-13-20(34-24(16)19)23-17(15-29(27-23)18-8-3-2-4-9-18)14-21-25(32)28(26(35)36-21)12-6-11-22(30)31/h2-5,7-10,13-15H,6,11-12H2,1H3,(H,30,31). The number of nitrogens with zero attached hydrogens (tertiary/aromatic N) is 3. The zero-order valence-electron chi connectivity index (χ0n) is 19.2. The topological polar surface area (TPSA) is 97.8 Å². The molecule has 0 aliphatic carbocycles. The lowest BCUT2D eigenvalue weighted by molar-refractivity contribution is -0.137. The fourth-order valence-electron chi connectivity index (χ4n) is 3.93. The molecule has 182 valence electrons. The monoisotopic (exact) mass is 519 g/mol. The number of aromatic nitrogens is 2. The van der Waals surface area contributed by atoms with E-state index < -0.39 is 5.97 Å². The highest BCUT2D eigenvalue weighted by atomic mass is 32.2. The quantitative estimate of drug-likeness (QED) is 0.245. The number of para-hydroxylation sites is 2. The summed E-state index contributed by atoms with van der Waals surface area (Å²) in [5.41, 5.74) is 2.71. The van der Waals surface area contributed by atoms with Crippen molar-refractivity contribution < 1.29 is 23.8 Å². The number of fused-ring (bicyclic) bond motifs is 1. The van der Waals surface area contributed by atoms with Crippen molar-refractivity contribution in [3.8, 4) is 22.9 Å². The van der Waals surface area contributed by atoms with E-state index in [1.165, 1.54) is 16.7 Å². The van der Waals surface area contributed by atoms with Gasteiger partial charge in [-0.1, -0.05) is 54.3 Å². The maximum Gasteiger partial charge on any atom is 0.303 e. The maximum atomic E-state index is 13.1. The van der Waals surface area contributed by atoms with E-state index in [0.717, 1.165) is 11.1 Å². The van der Waals surface area contributed by atoms with Crippen molar-refractivity contribution in [3.63, 3.8) is 0 Å². The molecule has 36 heavy (non-hydrogen) atoms. The molecule has 1 N–H and O–H groups in total. The van der Waals surface area contributed by atoms with Gasteiger partial charge in [0.05, 0.1) is 17.7 Å². The molecule has 1 amide bonds. The molecule has 0 spiro atoms. The molecule has 3 heterocycles. The molecular weight excluding hydrogens is 498 g/mol. The van der Waals surface area contributed by atoms with Crippen LogP contribution in [0, 0.1) is 0 Å². The van der Waals surface area contributed by atoms with Gasteiger partial charge in [-0.15, -0.1) is 0 Å². The maximum absolute atomic E-state index is 13.1. The zero-order chi connectivity index (χ0) is 25.2. The summed E-state index contributed by atoms with van der Waals surface area (Å²) in [5.74, 6) is -0.00566. The number of hydrogen-bond acceptors (Lipinski definition) is 7. The second-order valence-electron chi connectivity index (χ2n) is 8.03. The molecule has 0 saturated carbocycles. The van der Waals surface area contributed by atoms with Crippen LogP contribution in [0.4, 0.5) is 0 Å². The molecule has 1 fully saturated rings. The van der Waals surface area contributed by atoms with Crippen LogP contribution in [0.25, 0.3) is 34.2 Å². The van der Waals surface area contributed by atoms with Gasteiger partial charge in [-0.3, -0.25) is 14.5 Å². The van der Waals surface area contributed by atoms with Crippen LogP contribution >= 0.6 is 24.0 Å². The van der Waals surface area contributed by atoms with Crippen LogP contribution in [0.5, 0.6) is 5.75 Å². The van der Waals surface area contributed by atoms with Gasteiger partial charge in [-0.05, 0) is 36.8 Å². The first-order valence-corrected chi connectivity index (χ1v) is 12.4. The molecule has 5 rings (SSSR count). The Bertz CT molecular complexity index is 1510. The van der Waals surface area contributed by atoms with Crippen LogP contribution < -0.4 is 4.74 Å². The number of thioether (sulfide) groups is 1. The zero-order valence-corrected chi connectivity index (χ0v) is 20.8. The summed E-state index contributed by atoms with van der Waals surface area (Å²) in [7, 11) is 1.59. The number of carboxylic acid groups (broad SMARTS) is 1. The summed E-state index contributed by atoms with van der Waals surface area (Å²) >= 11 is 6.59. The van der Waals surface area contributed by atoms with E-state index in [4.69, 9.17) is 31.6 Å². The number of carbonyl (C=O) groups is 2. The Kier molecular flexibility index (Phi) is 6.62. The van der Waals surface area contributed by atoms with Gasteiger partial charge in [-0.2, -0.15) is 5.10 Å². The van der Waals surface area contributed by atoms with Crippen LogP contribution in [-0.4, -0.2) is 49.6 Å². The Hall–Kier alpha value is -3.89. The first-order chi connectivity index (χ1) is 17.4. The van der Waals surface area contributed by atoms with Crippen LogP contribution in [0.15, 0.2) is 70.1 Å². The number of thiocarbonyl (C=S) groups is 1. The number of aliphatic carboxylic acids is 1. The first-order valence-electron chi connectivity index (χ1n) is 11.1. The Morgan fingerprint density at radius 3 is 2.78 bits per heavy atom. The average Bonchev–Trinajstić information content (AvgIpc) is 3.56. The molecule has 0 unspecified atom stereocenters. The Labute approximate surface area is 216 Å². The van der Waals surface area contributed by atoms with E-state index in [9.17, 15) is 9.59 Å². The fourth-order valence-corrected chi connectivity index (χ4v) is 5.23. The number of rotatable bonds is 8. The molecule has 2 aromatic heterocycles. The van der Waals surface area contributed by atoms with Crippen LogP contribution in [0.3, 0.4) is 0 Å². The molecule has 8 nitrogen and oxygen atoms in total. The highest BCUT2D eigenvalue weighted by molar-refractivity contribution is 8.26. The summed E-state index contributed by atoms with van der Waals surface area (Å²) in [6, 6.07) is 17.2. The molecular formula is C26H21N3O5S2. The third kappa shape index (κ3) is 4.65. The summed E-state index contributed by atoms with van der Waals surface area (Å²) < 4.78 is 13.7. The van der Waals surface area contributed by atoms with E-state index >= 15 is 0 Å². The lowest BCUT2D eigenvalue weighted by Gasteiger charge is -2.13. The fraction of sp³-hybridized carbons (Fsp3) is 0.154. The van der Waals surface area contributed by atoms with Crippen LogP contribution in [0.1, 0.15) is 18.4 Å². The second kappa shape index (κ2) is 10.00. The SMILES string of the molecule is COc1cccc2cc(-c3nn(-c4ccccc4)cc3C=C3SC(=S)N(CCCC(=O)O)C3=O)oc12. The van der Waals surface area contributed by atoms with E-state index in [-0.39, 0.29) is 18.9 Å². The van der Waals surface area contributed by atoms with Gasteiger partial charge < -0.3 is 14.3 Å². The molecule has 1 saturated heterocycles. The van der Waals surface area contributed by atoms with E-state index in [1.807, 2.05) is 60.8 Å². The minimum absolute atomic E-state index is 0.0282. The van der Waals surface area contributed by atoms with E-state index in [0.29, 0.717) is 44.0 Å². The van der Waals surface area contributed by atoms with Crippen molar-refractivity contribution in [3.05, 3.63) is 71.3 Å². The molecule has 0 radical (unpaired) electrons. The first kappa shape index (κ1) is 23.8. The summed E-state index contributed by atoms with van der Waals surface area (Å²) in [6.45, 7) is 0.258. The number of methoxy groups -OCH3 is 1. The van der Waals surface area contributed by atoms with Crippen molar-refractivity contribution >= 4 is 57.2 Å². The van der Waals surface area contributed by atoms with Gasteiger partial charge in [0.1, 0.15) is 10.0 Å². The number of carboxylic acids is 1. The van der Waals surface area contributed by atoms with Gasteiger partial charge in [0.25, 0.3) is 5.91 Å². The number of ether oxygens (including phenoxy) is 1. The number of carbonyl (C=O) groups excluding carboxylic acids is 1. The van der Waals surface area contributed by atoms with Gasteiger partial charge in [0.15, 0.2) is 17.1 Å². The van der Waals surface area contributed by atoms with Crippen LogP contribution in [0.2, 0.25) is 0 Å². The molecule has 0 bridgehead atoms. The summed E-state index contributed by atoms with van der Waals surface area (Å²) in [4.78, 5) is 25.8. The van der Waals surface area contributed by atoms with Crippen molar-refractivity contribution in [1.29, 1.82) is 0 Å². The van der Waals surface area contributed by atoms with Gasteiger partial charge in [0.2, 0.25) is 0 Å². The normalized spacial score (nSPS) is 14.8. The largest absolute Gasteiger partial charge is 0.493 e. The Morgan fingerprint density at radius 1 is 1.22 bits per heavy atom. The third-order valence-electron chi connectivity index (χ3n) is 5.66. The molecule has 1 aliphatic rings. The minimum Gasteiger partial charge on any atom is -0.493 e. The molecule has 1 aliphatic heterocycles. The Morgan fingerprint density at radius 2 is 2.03 bits per heavy atom. The van der Waals surface area contributed by atoms with Crippen molar-refractivity contribution in [2.75, 3.05) is 13.7 Å². The van der Waals surface area contributed by atoms with Crippen molar-refractivity contribution in [1.82, 2.24) is 14.7 Å². The number of benzene rings is 2. The summed E-state index contributed by atoms with van der Waals surface area (Å²) in [5, 5.41) is 14.6.